The van der Waals surface area contributed by atoms with Crippen molar-refractivity contribution >= 4 is 17.7 Å². The molecule has 1 atom stereocenters. The molecule has 3 N–H and O–H groups in total. The van der Waals surface area contributed by atoms with Crippen LogP contribution in [0.2, 0.25) is 0 Å². The van der Waals surface area contributed by atoms with Gasteiger partial charge in [-0.15, -0.1) is 10.2 Å². The van der Waals surface area contributed by atoms with E-state index >= 15 is 0 Å². The van der Waals surface area contributed by atoms with Gasteiger partial charge in [0.05, 0.1) is 24.0 Å². The first-order chi connectivity index (χ1) is 16.1. The summed E-state index contributed by atoms with van der Waals surface area (Å²) in [4.78, 5) is 13.1. The number of carbonyl (C=O) groups excluding carboxylic acids is 1. The van der Waals surface area contributed by atoms with Crippen LogP contribution in [-0.2, 0) is 4.79 Å². The van der Waals surface area contributed by atoms with E-state index in [0.717, 1.165) is 16.7 Å². The zero-order valence-corrected chi connectivity index (χ0v) is 19.2. The molecular weight excluding hydrogens is 434 g/mol. The molecule has 0 spiro atoms. The van der Waals surface area contributed by atoms with Crippen LogP contribution in [0.4, 0.5) is 0 Å². The molecule has 33 heavy (non-hydrogen) atoms. The molecule has 0 aliphatic heterocycles. The Labute approximate surface area is 197 Å². The fourth-order valence-corrected chi connectivity index (χ4v) is 4.27. The average Bonchev–Trinajstić information content (AvgIpc) is 3.22. The Morgan fingerprint density at radius 2 is 1.52 bits per heavy atom. The number of aromatic nitrogens is 3. The lowest BCUT2D eigenvalue weighted by Gasteiger charge is -2.22. The van der Waals surface area contributed by atoms with E-state index in [2.05, 4.69) is 15.5 Å². The zero-order chi connectivity index (χ0) is 23.2. The molecule has 168 valence electrons. The van der Waals surface area contributed by atoms with Gasteiger partial charge in [0.1, 0.15) is 5.75 Å². The second-order valence-corrected chi connectivity index (χ2v) is 8.71. The largest absolute Gasteiger partial charge is 0.496 e. The molecule has 1 unspecified atom stereocenters. The number of rotatable bonds is 8. The predicted molar refractivity (Wildman–Crippen MR) is 130 cm³/mol. The van der Waals surface area contributed by atoms with Gasteiger partial charge in [-0.2, -0.15) is 0 Å². The van der Waals surface area contributed by atoms with Gasteiger partial charge in [0.25, 0.3) is 0 Å². The average molecular weight is 460 g/mol. The molecule has 0 aliphatic rings. The summed E-state index contributed by atoms with van der Waals surface area (Å²) in [6.45, 7) is 1.82. The lowest BCUT2D eigenvalue weighted by Crippen LogP contribution is -2.35. The van der Waals surface area contributed by atoms with Crippen molar-refractivity contribution in [1.29, 1.82) is 0 Å². The number of para-hydroxylation sites is 1. The van der Waals surface area contributed by atoms with E-state index < -0.39 is 5.25 Å². The minimum absolute atomic E-state index is 0.125. The SMILES string of the molecule is COc1ccccc1-c1nnc(SC(C)C(=O)NC(c2ccccc2)c2ccccc2)n1N. The number of hydrogen-bond acceptors (Lipinski definition) is 6. The first-order valence-corrected chi connectivity index (χ1v) is 11.4. The number of ether oxygens (including phenoxy) is 1. The van der Waals surface area contributed by atoms with Crippen LogP contribution in [0.5, 0.6) is 5.75 Å². The van der Waals surface area contributed by atoms with E-state index in [1.807, 2.05) is 91.9 Å². The molecule has 0 saturated heterocycles. The fraction of sp³-hybridized carbons (Fsp3) is 0.160. The predicted octanol–water partition coefficient (Wildman–Crippen LogP) is 4.05. The number of nitrogen functional groups attached to an aromatic ring is 1. The van der Waals surface area contributed by atoms with Gasteiger partial charge in [-0.1, -0.05) is 84.6 Å². The minimum Gasteiger partial charge on any atom is -0.496 e. The molecular formula is C25H25N5O2S. The van der Waals surface area contributed by atoms with E-state index in [1.54, 1.807) is 7.11 Å². The smallest absolute Gasteiger partial charge is 0.234 e. The summed E-state index contributed by atoms with van der Waals surface area (Å²) in [7, 11) is 1.59. The number of nitrogens with one attached hydrogen (secondary N) is 1. The third kappa shape index (κ3) is 5.01. The monoisotopic (exact) mass is 459 g/mol. The molecule has 4 rings (SSSR count). The molecule has 1 amide bonds. The Morgan fingerprint density at radius 1 is 0.939 bits per heavy atom. The highest BCUT2D eigenvalue weighted by atomic mass is 32.2. The third-order valence-corrected chi connectivity index (χ3v) is 6.27. The summed E-state index contributed by atoms with van der Waals surface area (Å²) < 4.78 is 6.79. The van der Waals surface area contributed by atoms with Crippen LogP contribution in [0, 0.1) is 0 Å². The van der Waals surface area contributed by atoms with Crippen molar-refractivity contribution < 1.29 is 9.53 Å². The second kappa shape index (κ2) is 10.2. The van der Waals surface area contributed by atoms with Gasteiger partial charge in [0.15, 0.2) is 5.82 Å². The molecule has 0 fully saturated rings. The highest BCUT2D eigenvalue weighted by molar-refractivity contribution is 8.00. The number of nitrogens with two attached hydrogens (primary N) is 1. The van der Waals surface area contributed by atoms with Gasteiger partial charge in [-0.25, -0.2) is 4.68 Å². The number of hydrogen-bond donors (Lipinski definition) is 2. The zero-order valence-electron chi connectivity index (χ0n) is 18.4. The molecule has 1 aromatic heterocycles. The van der Waals surface area contributed by atoms with Gasteiger partial charge in [-0.05, 0) is 30.2 Å². The van der Waals surface area contributed by atoms with E-state index in [1.165, 1.54) is 16.4 Å². The quantitative estimate of drug-likeness (QED) is 0.305. The lowest BCUT2D eigenvalue weighted by molar-refractivity contribution is -0.120. The van der Waals surface area contributed by atoms with Crippen molar-refractivity contribution in [2.75, 3.05) is 13.0 Å². The summed E-state index contributed by atoms with van der Waals surface area (Å²) >= 11 is 1.25. The van der Waals surface area contributed by atoms with Crippen LogP contribution in [0.1, 0.15) is 24.1 Å². The van der Waals surface area contributed by atoms with Crippen LogP contribution in [-0.4, -0.2) is 33.1 Å². The molecule has 1 heterocycles. The van der Waals surface area contributed by atoms with Crippen molar-refractivity contribution in [3.05, 3.63) is 96.1 Å². The Hall–Kier alpha value is -3.78. The Bertz CT molecular complexity index is 1170. The van der Waals surface area contributed by atoms with Crippen molar-refractivity contribution in [3.63, 3.8) is 0 Å². The maximum Gasteiger partial charge on any atom is 0.234 e. The summed E-state index contributed by atoms with van der Waals surface area (Å²) in [5.74, 6) is 7.26. The van der Waals surface area contributed by atoms with E-state index in [0.29, 0.717) is 16.7 Å². The topological polar surface area (TPSA) is 95.1 Å². The highest BCUT2D eigenvalue weighted by Gasteiger charge is 2.24. The Kier molecular flexibility index (Phi) is 6.95. The number of thioether (sulfide) groups is 1. The number of methoxy groups -OCH3 is 1. The molecule has 0 bridgehead atoms. The number of nitrogens with zero attached hydrogens (tertiary/aromatic N) is 3. The van der Waals surface area contributed by atoms with Crippen LogP contribution in [0.3, 0.4) is 0 Å². The van der Waals surface area contributed by atoms with Gasteiger partial charge < -0.3 is 15.9 Å². The summed E-state index contributed by atoms with van der Waals surface area (Å²) in [6.07, 6.45) is 0. The van der Waals surface area contributed by atoms with Crippen molar-refractivity contribution in [2.45, 2.75) is 23.4 Å². The molecule has 0 radical (unpaired) electrons. The minimum atomic E-state index is -0.447. The maximum absolute atomic E-state index is 13.1. The van der Waals surface area contributed by atoms with Crippen molar-refractivity contribution in [3.8, 4) is 17.1 Å². The Balaban J connectivity index is 1.52. The molecule has 3 aromatic carbocycles. The maximum atomic E-state index is 13.1. The molecule has 7 nitrogen and oxygen atoms in total. The first kappa shape index (κ1) is 22.4. The number of carbonyl (C=O) groups is 1. The van der Waals surface area contributed by atoms with Crippen LogP contribution in [0.25, 0.3) is 11.4 Å². The highest BCUT2D eigenvalue weighted by Crippen LogP contribution is 2.31. The van der Waals surface area contributed by atoms with Crippen LogP contribution >= 0.6 is 11.8 Å². The molecule has 0 saturated carbocycles. The summed E-state index contributed by atoms with van der Waals surface area (Å²) in [5, 5.41) is 11.6. The van der Waals surface area contributed by atoms with E-state index in [4.69, 9.17) is 10.6 Å². The van der Waals surface area contributed by atoms with Gasteiger partial charge >= 0.3 is 0 Å². The van der Waals surface area contributed by atoms with E-state index in [9.17, 15) is 4.79 Å². The number of benzene rings is 3. The molecule has 4 aromatic rings. The Morgan fingerprint density at radius 3 is 2.12 bits per heavy atom. The standard InChI is InChI=1S/C25H25N5O2S/c1-17(33-25-29-28-23(30(25)26)20-15-9-10-16-21(20)32-2)24(31)27-22(18-11-5-3-6-12-18)19-13-7-4-8-14-19/h3-17,22H,26H2,1-2H3,(H,27,31). The van der Waals surface area contributed by atoms with Crippen LogP contribution in [0.15, 0.2) is 90.1 Å². The molecule has 8 heteroatoms. The fourth-order valence-electron chi connectivity index (χ4n) is 3.49. The van der Waals surface area contributed by atoms with Crippen molar-refractivity contribution in [2.24, 2.45) is 0 Å². The van der Waals surface area contributed by atoms with Crippen LogP contribution < -0.4 is 15.9 Å². The second-order valence-electron chi connectivity index (χ2n) is 7.40. The number of amides is 1. The third-order valence-electron chi connectivity index (χ3n) is 5.22. The first-order valence-electron chi connectivity index (χ1n) is 10.5. The summed E-state index contributed by atoms with van der Waals surface area (Å²) in [5.41, 5.74) is 2.75. The van der Waals surface area contributed by atoms with Gasteiger partial charge in [-0.3, -0.25) is 4.79 Å². The molecule has 0 aliphatic carbocycles. The summed E-state index contributed by atoms with van der Waals surface area (Å²) in [6, 6.07) is 27.0. The lowest BCUT2D eigenvalue weighted by atomic mass is 9.98. The van der Waals surface area contributed by atoms with Gasteiger partial charge in [0.2, 0.25) is 11.1 Å². The van der Waals surface area contributed by atoms with E-state index in [-0.39, 0.29) is 11.9 Å². The van der Waals surface area contributed by atoms with Crippen molar-refractivity contribution in [1.82, 2.24) is 20.2 Å². The van der Waals surface area contributed by atoms with Gasteiger partial charge in [0, 0.05) is 0 Å². The normalized spacial score (nSPS) is 11.8.